The molecule has 10 heteroatoms. The predicted octanol–water partition coefficient (Wildman–Crippen LogP) is 3.89. The largest absolute Gasteiger partial charge is 0.490 e. The second kappa shape index (κ2) is 11.0. The number of aliphatic carboxylic acids is 1. The zero-order chi connectivity index (χ0) is 24.7. The molecule has 0 bridgehead atoms. The molecular weight excluding hydrogens is 453 g/mol. The van der Waals surface area contributed by atoms with Gasteiger partial charge in [-0.05, 0) is 74.2 Å². The maximum atomic E-state index is 12.6. The number of halogens is 3. The molecule has 1 saturated carbocycles. The summed E-state index contributed by atoms with van der Waals surface area (Å²) >= 11 is 0. The monoisotopic (exact) mass is 478 g/mol. The number of nitrogens with one attached hydrogen (secondary N) is 2. The number of carboxylic acid groups (broad SMARTS) is 1. The minimum absolute atomic E-state index is 0.0523. The Balaban J connectivity index is 1.39. The van der Waals surface area contributed by atoms with Crippen LogP contribution in [0.15, 0.2) is 48.5 Å². The summed E-state index contributed by atoms with van der Waals surface area (Å²) < 4.78 is 43.6. The summed E-state index contributed by atoms with van der Waals surface area (Å²) in [6.45, 7) is 0.238. The first kappa shape index (κ1) is 25.1. The van der Waals surface area contributed by atoms with Crippen LogP contribution in [0.25, 0.3) is 0 Å². The molecule has 0 aromatic heterocycles. The number of rotatable bonds is 8. The van der Waals surface area contributed by atoms with Gasteiger partial charge in [0.15, 0.2) is 0 Å². The van der Waals surface area contributed by atoms with Crippen molar-refractivity contribution in [3.8, 4) is 5.75 Å². The molecule has 0 aliphatic heterocycles. The first-order chi connectivity index (χ1) is 16.1. The van der Waals surface area contributed by atoms with E-state index < -0.39 is 23.6 Å². The third kappa shape index (κ3) is 6.97. The summed E-state index contributed by atoms with van der Waals surface area (Å²) in [7, 11) is 0. The van der Waals surface area contributed by atoms with E-state index in [0.717, 1.165) is 24.3 Å². The van der Waals surface area contributed by atoms with Crippen molar-refractivity contribution in [2.24, 2.45) is 5.92 Å². The fourth-order valence-electron chi connectivity index (χ4n) is 3.67. The van der Waals surface area contributed by atoms with Gasteiger partial charge >= 0.3 is 12.1 Å². The van der Waals surface area contributed by atoms with Crippen molar-refractivity contribution in [1.29, 1.82) is 0 Å². The van der Waals surface area contributed by atoms with Crippen LogP contribution in [0.2, 0.25) is 0 Å². The van der Waals surface area contributed by atoms with Crippen LogP contribution in [-0.4, -0.2) is 42.1 Å². The molecule has 1 aliphatic rings. The molecule has 7 nitrogen and oxygen atoms in total. The van der Waals surface area contributed by atoms with Gasteiger partial charge in [-0.2, -0.15) is 13.2 Å². The molecule has 2 aromatic carbocycles. The molecule has 1 aliphatic carbocycles. The van der Waals surface area contributed by atoms with E-state index in [9.17, 15) is 27.6 Å². The normalized spacial score (nSPS) is 18.1. The number of alkyl halides is 3. The van der Waals surface area contributed by atoms with Gasteiger partial charge in [0.05, 0.1) is 17.6 Å². The Morgan fingerprint density at radius 1 is 0.824 bits per heavy atom. The van der Waals surface area contributed by atoms with Gasteiger partial charge in [-0.15, -0.1) is 0 Å². The highest BCUT2D eigenvalue weighted by Crippen LogP contribution is 2.29. The summed E-state index contributed by atoms with van der Waals surface area (Å²) in [6, 6.07) is 10.4. The van der Waals surface area contributed by atoms with Crippen LogP contribution < -0.4 is 15.4 Å². The van der Waals surface area contributed by atoms with Crippen molar-refractivity contribution < 1.29 is 37.4 Å². The SMILES string of the molecule is O=C(NCCNC(=O)c1ccc(C(F)(F)F)cc1)c1ccc(OC2CCC(C(=O)O)CC2)cc1. The predicted molar refractivity (Wildman–Crippen MR) is 117 cm³/mol. The third-order valence-electron chi connectivity index (χ3n) is 5.61. The van der Waals surface area contributed by atoms with E-state index in [-0.39, 0.29) is 36.6 Å². The van der Waals surface area contributed by atoms with E-state index in [1.807, 2.05) is 0 Å². The lowest BCUT2D eigenvalue weighted by Crippen LogP contribution is -2.34. The Kier molecular flexibility index (Phi) is 8.14. The second-order valence-electron chi connectivity index (χ2n) is 8.04. The minimum Gasteiger partial charge on any atom is -0.490 e. The summed E-state index contributed by atoms with van der Waals surface area (Å²) in [5, 5.41) is 14.2. The van der Waals surface area contributed by atoms with Gasteiger partial charge < -0.3 is 20.5 Å². The molecule has 182 valence electrons. The fraction of sp³-hybridized carbons (Fsp3) is 0.375. The van der Waals surface area contributed by atoms with Gasteiger partial charge in [-0.1, -0.05) is 0 Å². The van der Waals surface area contributed by atoms with Gasteiger partial charge in [0.2, 0.25) is 0 Å². The Morgan fingerprint density at radius 3 is 1.74 bits per heavy atom. The fourth-order valence-corrected chi connectivity index (χ4v) is 3.67. The third-order valence-corrected chi connectivity index (χ3v) is 5.61. The van der Waals surface area contributed by atoms with Crippen molar-refractivity contribution in [2.75, 3.05) is 13.1 Å². The van der Waals surface area contributed by atoms with Crippen LogP contribution in [-0.2, 0) is 11.0 Å². The van der Waals surface area contributed by atoms with E-state index in [1.54, 1.807) is 24.3 Å². The maximum Gasteiger partial charge on any atom is 0.416 e. The Labute approximate surface area is 194 Å². The first-order valence-electron chi connectivity index (χ1n) is 10.9. The summed E-state index contributed by atoms with van der Waals surface area (Å²) in [5.41, 5.74) is -0.347. The van der Waals surface area contributed by atoms with Crippen molar-refractivity contribution in [1.82, 2.24) is 10.6 Å². The standard InChI is InChI=1S/C24H25F3N2O5/c25-24(26,27)18-7-1-15(2-8-18)21(30)28-13-14-29-22(31)16-3-9-19(10-4-16)34-20-11-5-17(6-12-20)23(32)33/h1-4,7-10,17,20H,5-6,11-14H2,(H,28,30)(H,29,31)(H,32,33). The van der Waals surface area contributed by atoms with Gasteiger partial charge in [-0.3, -0.25) is 14.4 Å². The highest BCUT2D eigenvalue weighted by Gasteiger charge is 2.30. The maximum absolute atomic E-state index is 12.6. The Hall–Kier alpha value is -3.56. The number of carbonyl (C=O) groups excluding carboxylic acids is 2. The van der Waals surface area contributed by atoms with Crippen LogP contribution in [0.1, 0.15) is 52.0 Å². The van der Waals surface area contributed by atoms with Gasteiger partial charge in [0, 0.05) is 24.2 Å². The number of ether oxygens (including phenoxy) is 1. The molecule has 0 saturated heterocycles. The van der Waals surface area contributed by atoms with E-state index in [1.165, 1.54) is 0 Å². The van der Waals surface area contributed by atoms with Crippen LogP contribution in [0.4, 0.5) is 13.2 Å². The average molecular weight is 478 g/mol. The van der Waals surface area contributed by atoms with Gasteiger partial charge in [0.25, 0.3) is 11.8 Å². The molecular formula is C24H25F3N2O5. The second-order valence-corrected chi connectivity index (χ2v) is 8.04. The summed E-state index contributed by atoms with van der Waals surface area (Å²) in [6.07, 6.45) is -2.03. The van der Waals surface area contributed by atoms with E-state index in [0.29, 0.717) is 37.0 Å². The van der Waals surface area contributed by atoms with Crippen molar-refractivity contribution >= 4 is 17.8 Å². The lowest BCUT2D eigenvalue weighted by atomic mass is 9.87. The van der Waals surface area contributed by atoms with Gasteiger partial charge in [-0.25, -0.2) is 0 Å². The quantitative estimate of drug-likeness (QED) is 0.500. The smallest absolute Gasteiger partial charge is 0.416 e. The van der Waals surface area contributed by atoms with Gasteiger partial charge in [0.1, 0.15) is 5.75 Å². The molecule has 2 aromatic rings. The molecule has 0 atom stereocenters. The highest BCUT2D eigenvalue weighted by molar-refractivity contribution is 5.95. The Morgan fingerprint density at radius 2 is 1.29 bits per heavy atom. The number of hydrogen-bond donors (Lipinski definition) is 3. The zero-order valence-corrected chi connectivity index (χ0v) is 18.2. The Bertz CT molecular complexity index is 999. The van der Waals surface area contributed by atoms with E-state index in [2.05, 4.69) is 10.6 Å². The molecule has 2 amide bonds. The van der Waals surface area contributed by atoms with E-state index in [4.69, 9.17) is 9.84 Å². The van der Waals surface area contributed by atoms with E-state index >= 15 is 0 Å². The zero-order valence-electron chi connectivity index (χ0n) is 18.2. The number of benzene rings is 2. The molecule has 0 spiro atoms. The summed E-state index contributed by atoms with van der Waals surface area (Å²) in [4.78, 5) is 35.3. The highest BCUT2D eigenvalue weighted by atomic mass is 19.4. The molecule has 3 rings (SSSR count). The number of hydrogen-bond acceptors (Lipinski definition) is 4. The lowest BCUT2D eigenvalue weighted by molar-refractivity contribution is -0.143. The van der Waals surface area contributed by atoms with Crippen molar-refractivity contribution in [2.45, 2.75) is 38.0 Å². The number of carbonyl (C=O) groups is 3. The van der Waals surface area contributed by atoms with Crippen molar-refractivity contribution in [3.05, 3.63) is 65.2 Å². The molecule has 3 N–H and O–H groups in total. The lowest BCUT2D eigenvalue weighted by Gasteiger charge is -2.26. The molecule has 0 unspecified atom stereocenters. The molecule has 34 heavy (non-hydrogen) atoms. The molecule has 0 radical (unpaired) electrons. The molecule has 1 fully saturated rings. The van der Waals surface area contributed by atoms with Crippen molar-refractivity contribution in [3.63, 3.8) is 0 Å². The number of carboxylic acids is 1. The molecule has 0 heterocycles. The van der Waals surface area contributed by atoms with Crippen LogP contribution >= 0.6 is 0 Å². The van der Waals surface area contributed by atoms with Crippen LogP contribution in [0, 0.1) is 5.92 Å². The topological polar surface area (TPSA) is 105 Å². The van der Waals surface area contributed by atoms with Crippen LogP contribution in [0.3, 0.4) is 0 Å². The first-order valence-corrected chi connectivity index (χ1v) is 10.9. The number of amides is 2. The minimum atomic E-state index is -4.47. The average Bonchev–Trinajstić information content (AvgIpc) is 2.82. The van der Waals surface area contributed by atoms with Crippen LogP contribution in [0.5, 0.6) is 5.75 Å². The summed E-state index contributed by atoms with van der Waals surface area (Å²) in [5.74, 6) is -1.38.